The zero-order valence-electron chi connectivity index (χ0n) is 14.8. The molecule has 1 N–H and O–H groups in total. The van der Waals surface area contributed by atoms with Gasteiger partial charge in [-0.2, -0.15) is 0 Å². The fourth-order valence-electron chi connectivity index (χ4n) is 3.66. The molecule has 0 aliphatic carbocycles. The second kappa shape index (κ2) is 7.08. The fourth-order valence-corrected chi connectivity index (χ4v) is 3.66. The highest BCUT2D eigenvalue weighted by atomic mass is 16.2. The van der Waals surface area contributed by atoms with Gasteiger partial charge in [-0.15, -0.1) is 0 Å². The topological polar surface area (TPSA) is 32.3 Å². The van der Waals surface area contributed by atoms with Crippen molar-refractivity contribution in [1.82, 2.24) is 0 Å². The molecular formula is C21H26N2O. The third-order valence-electron chi connectivity index (χ3n) is 4.89. The van der Waals surface area contributed by atoms with Crippen LogP contribution in [0.2, 0.25) is 0 Å². The molecule has 1 aliphatic rings. The number of hydrogen-bond donors (Lipinski definition) is 1. The average molecular weight is 322 g/mol. The molecule has 3 nitrogen and oxygen atoms in total. The van der Waals surface area contributed by atoms with Crippen molar-refractivity contribution in [2.75, 3.05) is 16.8 Å². The second-order valence-corrected chi connectivity index (χ2v) is 6.46. The minimum atomic E-state index is 0.139. The molecule has 0 fully saturated rings. The molecule has 2 aromatic rings. The number of rotatable bonds is 5. The van der Waals surface area contributed by atoms with Gasteiger partial charge < -0.3 is 10.2 Å². The number of benzene rings is 2. The van der Waals surface area contributed by atoms with Gasteiger partial charge in [-0.05, 0) is 48.9 Å². The van der Waals surface area contributed by atoms with Gasteiger partial charge in [-0.3, -0.25) is 4.79 Å². The minimum Gasteiger partial charge on any atom is -0.376 e. The molecule has 2 aromatic carbocycles. The molecule has 0 saturated carbocycles. The molecular weight excluding hydrogens is 296 g/mol. The number of fused-ring (bicyclic) bond motifs is 1. The largest absolute Gasteiger partial charge is 0.376 e. The molecule has 0 saturated heterocycles. The van der Waals surface area contributed by atoms with Crippen LogP contribution in [-0.4, -0.2) is 18.5 Å². The van der Waals surface area contributed by atoms with Crippen molar-refractivity contribution in [3.63, 3.8) is 0 Å². The van der Waals surface area contributed by atoms with E-state index in [0.29, 0.717) is 6.54 Å². The van der Waals surface area contributed by atoms with Gasteiger partial charge in [0.25, 0.3) is 0 Å². The van der Waals surface area contributed by atoms with Crippen LogP contribution < -0.4 is 10.2 Å². The maximum Gasteiger partial charge on any atom is 0.246 e. The number of carbonyl (C=O) groups is 1. The predicted molar refractivity (Wildman–Crippen MR) is 101 cm³/mol. The summed E-state index contributed by atoms with van der Waals surface area (Å²) in [5, 5.41) is 3.42. The van der Waals surface area contributed by atoms with Crippen LogP contribution in [-0.2, 0) is 24.1 Å². The van der Waals surface area contributed by atoms with Crippen molar-refractivity contribution >= 4 is 17.3 Å². The van der Waals surface area contributed by atoms with E-state index >= 15 is 0 Å². The number of aryl methyl sites for hydroxylation is 2. The maximum atomic E-state index is 12.9. The number of para-hydroxylation sites is 2. The SMILES string of the molecule is CCc1cccc(CC)c1NCC(=O)N1c2ccccc2CC1C. The zero-order chi connectivity index (χ0) is 17.1. The summed E-state index contributed by atoms with van der Waals surface area (Å²) in [7, 11) is 0. The van der Waals surface area contributed by atoms with Gasteiger partial charge in [-0.1, -0.05) is 50.2 Å². The molecule has 0 aromatic heterocycles. The van der Waals surface area contributed by atoms with E-state index in [0.717, 1.165) is 30.6 Å². The van der Waals surface area contributed by atoms with E-state index in [1.54, 1.807) is 0 Å². The number of anilines is 2. The van der Waals surface area contributed by atoms with Crippen molar-refractivity contribution in [3.05, 3.63) is 59.2 Å². The van der Waals surface area contributed by atoms with Gasteiger partial charge in [0.2, 0.25) is 5.91 Å². The third-order valence-corrected chi connectivity index (χ3v) is 4.89. The standard InChI is InChI=1S/C21H26N2O/c1-4-16-10-8-11-17(5-2)21(16)22-14-20(24)23-15(3)13-18-9-6-7-12-19(18)23/h6-12,15,22H,4-5,13-14H2,1-3H3. The zero-order valence-corrected chi connectivity index (χ0v) is 14.8. The van der Waals surface area contributed by atoms with Gasteiger partial charge in [0.1, 0.15) is 0 Å². The van der Waals surface area contributed by atoms with E-state index in [4.69, 9.17) is 0 Å². The predicted octanol–water partition coefficient (Wildman–Crippen LogP) is 4.20. The average Bonchev–Trinajstić information content (AvgIpc) is 2.95. The molecule has 1 aliphatic heterocycles. The van der Waals surface area contributed by atoms with Crippen LogP contribution in [0.3, 0.4) is 0 Å². The molecule has 0 bridgehead atoms. The summed E-state index contributed by atoms with van der Waals surface area (Å²) in [6.45, 7) is 6.76. The normalized spacial score (nSPS) is 16.1. The number of hydrogen-bond acceptors (Lipinski definition) is 2. The van der Waals surface area contributed by atoms with Crippen molar-refractivity contribution in [3.8, 4) is 0 Å². The Morgan fingerprint density at radius 3 is 2.42 bits per heavy atom. The molecule has 24 heavy (non-hydrogen) atoms. The van der Waals surface area contributed by atoms with Crippen LogP contribution in [0.4, 0.5) is 11.4 Å². The smallest absolute Gasteiger partial charge is 0.246 e. The highest BCUT2D eigenvalue weighted by Gasteiger charge is 2.30. The first-order chi connectivity index (χ1) is 11.7. The number of nitrogens with one attached hydrogen (secondary N) is 1. The summed E-state index contributed by atoms with van der Waals surface area (Å²) in [6, 6.07) is 14.8. The number of nitrogens with zero attached hydrogens (tertiary/aromatic N) is 1. The molecule has 0 radical (unpaired) electrons. The summed E-state index contributed by atoms with van der Waals surface area (Å²) in [5.74, 6) is 0.139. The lowest BCUT2D eigenvalue weighted by Crippen LogP contribution is -2.39. The Kier molecular flexibility index (Phi) is 4.89. The third kappa shape index (κ3) is 3.03. The Hall–Kier alpha value is -2.29. The minimum absolute atomic E-state index is 0.139. The van der Waals surface area contributed by atoms with E-state index in [2.05, 4.69) is 50.4 Å². The molecule has 0 spiro atoms. The maximum absolute atomic E-state index is 12.9. The van der Waals surface area contributed by atoms with E-state index in [1.165, 1.54) is 16.7 Å². The van der Waals surface area contributed by atoms with Crippen LogP contribution in [0, 0.1) is 0 Å². The van der Waals surface area contributed by atoms with Crippen LogP contribution in [0.15, 0.2) is 42.5 Å². The van der Waals surface area contributed by atoms with Crippen molar-refractivity contribution in [1.29, 1.82) is 0 Å². The summed E-state index contributed by atoms with van der Waals surface area (Å²) in [4.78, 5) is 14.8. The van der Waals surface area contributed by atoms with Gasteiger partial charge >= 0.3 is 0 Å². The number of carbonyl (C=O) groups excluding carboxylic acids is 1. The Morgan fingerprint density at radius 1 is 1.08 bits per heavy atom. The molecule has 1 heterocycles. The highest BCUT2D eigenvalue weighted by molar-refractivity contribution is 5.98. The molecule has 126 valence electrons. The molecule has 1 atom stereocenters. The Balaban J connectivity index is 1.77. The van der Waals surface area contributed by atoms with Crippen molar-refractivity contribution in [2.45, 2.75) is 46.1 Å². The highest BCUT2D eigenvalue weighted by Crippen LogP contribution is 2.32. The van der Waals surface area contributed by atoms with Crippen molar-refractivity contribution < 1.29 is 4.79 Å². The first-order valence-electron chi connectivity index (χ1n) is 8.90. The van der Waals surface area contributed by atoms with Gasteiger partial charge in [0.05, 0.1) is 6.54 Å². The van der Waals surface area contributed by atoms with Crippen molar-refractivity contribution in [2.24, 2.45) is 0 Å². The van der Waals surface area contributed by atoms with Gasteiger partial charge in [0.15, 0.2) is 0 Å². The van der Waals surface area contributed by atoms with Crippen LogP contribution in [0.5, 0.6) is 0 Å². The van der Waals surface area contributed by atoms with E-state index < -0.39 is 0 Å². The molecule has 1 unspecified atom stereocenters. The first kappa shape index (κ1) is 16.6. The van der Waals surface area contributed by atoms with Gasteiger partial charge in [-0.25, -0.2) is 0 Å². The summed E-state index contributed by atoms with van der Waals surface area (Å²) >= 11 is 0. The molecule has 1 amide bonds. The van der Waals surface area contributed by atoms with E-state index in [9.17, 15) is 4.79 Å². The summed E-state index contributed by atoms with van der Waals surface area (Å²) < 4.78 is 0. The first-order valence-corrected chi connectivity index (χ1v) is 8.90. The second-order valence-electron chi connectivity index (χ2n) is 6.46. The monoisotopic (exact) mass is 322 g/mol. The van der Waals surface area contributed by atoms with Crippen LogP contribution in [0.25, 0.3) is 0 Å². The van der Waals surface area contributed by atoms with Crippen LogP contribution in [0.1, 0.15) is 37.5 Å². The lowest BCUT2D eigenvalue weighted by molar-refractivity contribution is -0.117. The lowest BCUT2D eigenvalue weighted by Gasteiger charge is -2.24. The summed E-state index contributed by atoms with van der Waals surface area (Å²) in [6.07, 6.45) is 2.87. The Labute approximate surface area is 144 Å². The molecule has 3 rings (SSSR count). The Morgan fingerprint density at radius 2 is 1.75 bits per heavy atom. The van der Waals surface area contributed by atoms with Crippen LogP contribution >= 0.6 is 0 Å². The molecule has 3 heteroatoms. The van der Waals surface area contributed by atoms with E-state index in [1.807, 2.05) is 23.1 Å². The van der Waals surface area contributed by atoms with E-state index in [-0.39, 0.29) is 11.9 Å². The fraction of sp³-hybridized carbons (Fsp3) is 0.381. The quantitative estimate of drug-likeness (QED) is 0.895. The summed E-state index contributed by atoms with van der Waals surface area (Å²) in [5.41, 5.74) is 6.02. The lowest BCUT2D eigenvalue weighted by atomic mass is 10.0. The number of amides is 1. The van der Waals surface area contributed by atoms with Gasteiger partial charge in [0, 0.05) is 17.4 Å². The Bertz CT molecular complexity index is 716.